The van der Waals surface area contributed by atoms with Crippen LogP contribution in [0.1, 0.15) is 6.92 Å². The average Bonchev–Trinajstić information content (AvgIpc) is 1.65. The van der Waals surface area contributed by atoms with Gasteiger partial charge in [0.1, 0.15) is 0 Å². The molecular weight excluding hydrogens is 100 g/mol. The minimum Gasteiger partial charge on any atom is -0.360 e. The van der Waals surface area contributed by atoms with Gasteiger partial charge in [0.25, 0.3) is 0 Å². The summed E-state index contributed by atoms with van der Waals surface area (Å²) in [7, 11) is 0. The molecule has 1 atom stereocenters. The zero-order valence-corrected chi connectivity index (χ0v) is 3.79. The van der Waals surface area contributed by atoms with Crippen LogP contribution in [-0.2, 0) is 9.68 Å². The summed E-state index contributed by atoms with van der Waals surface area (Å²) in [5.41, 5.74) is 0. The molecule has 0 rings (SSSR count). The van der Waals surface area contributed by atoms with E-state index in [1.165, 1.54) is 0 Å². The molecule has 0 spiro atoms. The van der Waals surface area contributed by atoms with Crippen LogP contribution in [0.3, 0.4) is 0 Å². The summed E-state index contributed by atoms with van der Waals surface area (Å²) >= 11 is 0. The minimum atomic E-state index is -1.68. The quantitative estimate of drug-likeness (QED) is 0.280. The molecule has 0 aromatic heterocycles. The van der Waals surface area contributed by atoms with Gasteiger partial charge in [0, 0.05) is 0 Å². The van der Waals surface area contributed by atoms with Crippen LogP contribution in [0.5, 0.6) is 0 Å². The maximum Gasteiger partial charge on any atom is 0.247 e. The van der Waals surface area contributed by atoms with Crippen molar-refractivity contribution in [3.8, 4) is 0 Å². The van der Waals surface area contributed by atoms with Crippen LogP contribution in [0, 0.1) is 0 Å². The second-order valence-corrected chi connectivity index (χ2v) is 1.07. The van der Waals surface area contributed by atoms with Crippen molar-refractivity contribution in [3.05, 3.63) is 0 Å². The van der Waals surface area contributed by atoms with Gasteiger partial charge in [-0.3, -0.25) is 4.79 Å². The summed E-state index contributed by atoms with van der Waals surface area (Å²) in [4.78, 5) is 13.1. The summed E-state index contributed by atoms with van der Waals surface area (Å²) in [5.74, 6) is -0.623. The van der Waals surface area contributed by atoms with Gasteiger partial charge >= 0.3 is 0 Å². The maximum absolute atomic E-state index is 9.84. The highest BCUT2D eigenvalue weighted by Crippen LogP contribution is 1.81. The van der Waals surface area contributed by atoms with Gasteiger partial charge in [-0.2, -0.15) is 4.89 Å². The van der Waals surface area contributed by atoms with Gasteiger partial charge in [-0.05, 0) is 6.92 Å². The lowest BCUT2D eigenvalue weighted by atomic mass is 10.4. The second-order valence-electron chi connectivity index (χ2n) is 1.07. The minimum absolute atomic E-state index is 0.623. The number of carbonyl (C=O) groups is 1. The molecule has 1 unspecified atom stereocenters. The molecule has 0 heterocycles. The van der Waals surface area contributed by atoms with Crippen LogP contribution in [0.2, 0.25) is 0 Å². The largest absolute Gasteiger partial charge is 0.360 e. The molecule has 0 saturated carbocycles. The summed E-state index contributed by atoms with van der Waals surface area (Å²) in [6.45, 7) is 1.10. The van der Waals surface area contributed by atoms with Gasteiger partial charge in [0.2, 0.25) is 6.29 Å². The van der Waals surface area contributed by atoms with E-state index in [2.05, 4.69) is 4.89 Å². The zero-order chi connectivity index (χ0) is 5.86. The van der Waals surface area contributed by atoms with E-state index in [-0.39, 0.29) is 0 Å². The number of Topliss-reactive ketones (excluding diaryl/α,β-unsaturated/α-hetero) is 1. The standard InChI is InChI=1S/C3H6O4/c1-2(4)3(5)7-6/h3,5-6H,1H3. The molecule has 0 aliphatic carbocycles. The summed E-state index contributed by atoms with van der Waals surface area (Å²) in [5, 5.41) is 15.6. The molecule has 7 heavy (non-hydrogen) atoms. The molecule has 0 amide bonds. The third-order valence-corrected chi connectivity index (χ3v) is 0.448. The van der Waals surface area contributed by atoms with Crippen LogP contribution in [0.4, 0.5) is 0 Å². The Morgan fingerprint density at radius 1 is 1.86 bits per heavy atom. The van der Waals surface area contributed by atoms with Crippen molar-refractivity contribution in [1.29, 1.82) is 0 Å². The van der Waals surface area contributed by atoms with Gasteiger partial charge in [-0.1, -0.05) is 0 Å². The fourth-order valence-corrected chi connectivity index (χ4v) is 0.0742. The number of carbonyl (C=O) groups excluding carboxylic acids is 1. The predicted octanol–water partition coefficient (Wildman–Crippen LogP) is -0.617. The van der Waals surface area contributed by atoms with Gasteiger partial charge in [-0.25, -0.2) is 5.26 Å². The Morgan fingerprint density at radius 3 is 2.29 bits per heavy atom. The first kappa shape index (κ1) is 6.55. The summed E-state index contributed by atoms with van der Waals surface area (Å²) in [6.07, 6.45) is -1.68. The lowest BCUT2D eigenvalue weighted by molar-refractivity contribution is -0.320. The van der Waals surface area contributed by atoms with E-state index in [4.69, 9.17) is 10.4 Å². The molecular formula is C3H6O4. The number of hydrogen-bond acceptors (Lipinski definition) is 4. The van der Waals surface area contributed by atoms with Crippen LogP contribution < -0.4 is 0 Å². The van der Waals surface area contributed by atoms with Crippen LogP contribution in [0.25, 0.3) is 0 Å². The number of hydrogen-bond donors (Lipinski definition) is 2. The molecule has 0 fully saturated rings. The molecule has 0 bridgehead atoms. The highest BCUT2D eigenvalue weighted by Gasteiger charge is 2.06. The fraction of sp³-hybridized carbons (Fsp3) is 0.667. The Kier molecular flexibility index (Phi) is 2.51. The maximum atomic E-state index is 9.84. The average molecular weight is 106 g/mol. The molecule has 42 valence electrons. The Balaban J connectivity index is 3.34. The SMILES string of the molecule is CC(=O)C(O)OO. The van der Waals surface area contributed by atoms with Crippen molar-refractivity contribution in [2.75, 3.05) is 0 Å². The Bertz CT molecular complexity index is 69.3. The number of rotatable bonds is 2. The fourth-order valence-electron chi connectivity index (χ4n) is 0.0742. The van der Waals surface area contributed by atoms with Gasteiger partial charge in [0.15, 0.2) is 5.78 Å². The van der Waals surface area contributed by atoms with Gasteiger partial charge in [-0.15, -0.1) is 0 Å². The van der Waals surface area contributed by atoms with Crippen LogP contribution >= 0.6 is 0 Å². The Labute approximate surface area is 40.3 Å². The molecule has 0 aliphatic heterocycles. The number of ketones is 1. The molecule has 4 nitrogen and oxygen atoms in total. The topological polar surface area (TPSA) is 66.8 Å². The molecule has 0 aromatic rings. The van der Waals surface area contributed by atoms with Crippen molar-refractivity contribution >= 4 is 5.78 Å². The zero-order valence-electron chi connectivity index (χ0n) is 3.79. The normalized spacial score (nSPS) is 13.6. The van der Waals surface area contributed by atoms with Crippen molar-refractivity contribution in [1.82, 2.24) is 0 Å². The van der Waals surface area contributed by atoms with E-state index in [0.717, 1.165) is 6.92 Å². The van der Waals surface area contributed by atoms with E-state index in [1.54, 1.807) is 0 Å². The molecule has 0 aromatic carbocycles. The lowest BCUT2D eigenvalue weighted by Gasteiger charge is -1.96. The highest BCUT2D eigenvalue weighted by molar-refractivity contribution is 5.78. The van der Waals surface area contributed by atoms with Crippen molar-refractivity contribution < 1.29 is 20.0 Å². The Morgan fingerprint density at radius 2 is 2.29 bits per heavy atom. The summed E-state index contributed by atoms with van der Waals surface area (Å²) < 4.78 is 0. The van der Waals surface area contributed by atoms with Gasteiger partial charge in [0.05, 0.1) is 0 Å². The highest BCUT2D eigenvalue weighted by atomic mass is 17.1. The van der Waals surface area contributed by atoms with Crippen molar-refractivity contribution in [3.63, 3.8) is 0 Å². The van der Waals surface area contributed by atoms with E-state index < -0.39 is 12.1 Å². The number of aliphatic hydroxyl groups excluding tert-OH is 1. The third kappa shape index (κ3) is 2.27. The second kappa shape index (κ2) is 2.68. The first-order chi connectivity index (χ1) is 3.18. The van der Waals surface area contributed by atoms with E-state index in [1.807, 2.05) is 0 Å². The van der Waals surface area contributed by atoms with E-state index in [0.29, 0.717) is 0 Å². The third-order valence-electron chi connectivity index (χ3n) is 0.448. The predicted molar refractivity (Wildman–Crippen MR) is 20.4 cm³/mol. The number of aliphatic hydroxyl groups is 1. The Hall–Kier alpha value is -0.450. The van der Waals surface area contributed by atoms with Crippen LogP contribution in [-0.4, -0.2) is 22.4 Å². The summed E-state index contributed by atoms with van der Waals surface area (Å²) in [6, 6.07) is 0. The van der Waals surface area contributed by atoms with E-state index >= 15 is 0 Å². The van der Waals surface area contributed by atoms with E-state index in [9.17, 15) is 4.79 Å². The molecule has 0 radical (unpaired) electrons. The van der Waals surface area contributed by atoms with Crippen LogP contribution in [0.15, 0.2) is 0 Å². The smallest absolute Gasteiger partial charge is 0.247 e. The van der Waals surface area contributed by atoms with Crippen molar-refractivity contribution in [2.24, 2.45) is 0 Å². The molecule has 2 N–H and O–H groups in total. The van der Waals surface area contributed by atoms with Crippen molar-refractivity contribution in [2.45, 2.75) is 13.2 Å². The first-order valence-corrected chi connectivity index (χ1v) is 1.67. The lowest BCUT2D eigenvalue weighted by Crippen LogP contribution is -2.18. The molecule has 0 saturated heterocycles. The van der Waals surface area contributed by atoms with Gasteiger partial charge < -0.3 is 5.11 Å². The monoisotopic (exact) mass is 106 g/mol. The first-order valence-electron chi connectivity index (χ1n) is 1.67. The molecule has 4 heteroatoms. The molecule has 0 aliphatic rings.